The van der Waals surface area contributed by atoms with Gasteiger partial charge in [0.1, 0.15) is 11.6 Å². The first kappa shape index (κ1) is 21.1. The minimum Gasteiger partial charge on any atom is -0.351 e. The van der Waals surface area contributed by atoms with E-state index in [1.807, 2.05) is 76.5 Å². The summed E-state index contributed by atoms with van der Waals surface area (Å²) in [5, 5.41) is 12.4. The number of hydrogen-bond acceptors (Lipinski definition) is 4. The van der Waals surface area contributed by atoms with Crippen LogP contribution in [0.2, 0.25) is 0 Å². The molecule has 1 N–H and O–H groups in total. The van der Waals surface area contributed by atoms with Crippen LogP contribution < -0.4 is 10.2 Å². The lowest BCUT2D eigenvalue weighted by atomic mass is 10.2. The average molecular weight is 402 g/mol. The fourth-order valence-corrected chi connectivity index (χ4v) is 3.41. The monoisotopic (exact) mass is 402 g/mol. The third-order valence-electron chi connectivity index (χ3n) is 5.00. The normalized spacial score (nSPS) is 13.8. The van der Waals surface area contributed by atoms with Crippen LogP contribution in [0.3, 0.4) is 0 Å². The van der Waals surface area contributed by atoms with Gasteiger partial charge in [-0.15, -0.1) is 0 Å². The van der Waals surface area contributed by atoms with Gasteiger partial charge in [0.2, 0.25) is 5.91 Å². The van der Waals surface area contributed by atoms with E-state index in [1.54, 1.807) is 6.20 Å². The van der Waals surface area contributed by atoms with Gasteiger partial charge in [0.15, 0.2) is 0 Å². The number of likely N-dealkylation sites (tertiary alicyclic amines) is 1. The van der Waals surface area contributed by atoms with Crippen LogP contribution in [0.5, 0.6) is 0 Å². The maximum atomic E-state index is 12.5. The second-order valence-electron chi connectivity index (χ2n) is 7.20. The second-order valence-corrected chi connectivity index (χ2v) is 7.20. The molecule has 0 aliphatic carbocycles. The number of nitrogens with one attached hydrogen (secondary N) is 1. The molecular formula is C24H26N4O2. The summed E-state index contributed by atoms with van der Waals surface area (Å²) >= 11 is 0. The van der Waals surface area contributed by atoms with Gasteiger partial charge in [-0.25, -0.2) is 0 Å². The first-order valence-corrected chi connectivity index (χ1v) is 10.2. The molecule has 1 saturated heterocycles. The Morgan fingerprint density at radius 3 is 2.47 bits per heavy atom. The predicted molar refractivity (Wildman–Crippen MR) is 116 cm³/mol. The van der Waals surface area contributed by atoms with E-state index in [2.05, 4.69) is 5.32 Å². The highest BCUT2D eigenvalue weighted by atomic mass is 16.2. The van der Waals surface area contributed by atoms with Crippen LogP contribution in [0.1, 0.15) is 24.8 Å². The van der Waals surface area contributed by atoms with Gasteiger partial charge in [0.25, 0.3) is 5.91 Å². The summed E-state index contributed by atoms with van der Waals surface area (Å²) in [6.45, 7) is 2.39. The van der Waals surface area contributed by atoms with Crippen molar-refractivity contribution in [2.75, 3.05) is 24.5 Å². The van der Waals surface area contributed by atoms with Gasteiger partial charge in [-0.2, -0.15) is 5.26 Å². The molecule has 0 saturated carbocycles. The van der Waals surface area contributed by atoms with Gasteiger partial charge in [0.05, 0.1) is 0 Å². The number of nitrogens with zero attached hydrogens (tertiary/aromatic N) is 3. The zero-order valence-corrected chi connectivity index (χ0v) is 17.0. The summed E-state index contributed by atoms with van der Waals surface area (Å²) in [6, 6.07) is 21.6. The topological polar surface area (TPSA) is 76.4 Å². The maximum absolute atomic E-state index is 12.5. The minimum atomic E-state index is -0.403. The van der Waals surface area contributed by atoms with E-state index in [4.69, 9.17) is 0 Å². The standard InChI is InChI=1S/C24H26N4O2/c25-17-21(24(30)26-14-8-16-27-15-7-13-23(27)29)19-28(22-11-5-2-6-12-22)18-20-9-3-1-4-10-20/h1-6,9-12,19H,7-8,13-16,18H2,(H,26,30)/b21-19-. The zero-order chi connectivity index (χ0) is 21.2. The molecule has 0 radical (unpaired) electrons. The molecule has 0 bridgehead atoms. The Morgan fingerprint density at radius 2 is 1.83 bits per heavy atom. The molecule has 1 heterocycles. The van der Waals surface area contributed by atoms with Gasteiger partial charge in [-0.3, -0.25) is 9.59 Å². The second kappa shape index (κ2) is 10.8. The van der Waals surface area contributed by atoms with Crippen molar-refractivity contribution >= 4 is 17.5 Å². The molecule has 1 aliphatic rings. The Hall–Kier alpha value is -3.59. The number of carbonyl (C=O) groups is 2. The number of para-hydroxylation sites is 1. The number of hydrogen-bond donors (Lipinski definition) is 1. The van der Waals surface area contributed by atoms with Crippen LogP contribution in [-0.2, 0) is 16.1 Å². The van der Waals surface area contributed by atoms with Crippen LogP contribution in [0, 0.1) is 11.3 Å². The number of carbonyl (C=O) groups excluding carboxylic acids is 2. The smallest absolute Gasteiger partial charge is 0.263 e. The number of nitriles is 1. The van der Waals surface area contributed by atoms with Crippen molar-refractivity contribution in [1.29, 1.82) is 5.26 Å². The van der Waals surface area contributed by atoms with Gasteiger partial charge in [-0.1, -0.05) is 48.5 Å². The molecule has 1 fully saturated rings. The van der Waals surface area contributed by atoms with E-state index in [0.29, 0.717) is 32.5 Å². The number of rotatable bonds is 9. The molecule has 3 rings (SSSR count). The van der Waals surface area contributed by atoms with Crippen molar-refractivity contribution in [1.82, 2.24) is 10.2 Å². The Balaban J connectivity index is 1.64. The molecule has 154 valence electrons. The van der Waals surface area contributed by atoms with Gasteiger partial charge in [0, 0.05) is 44.5 Å². The lowest BCUT2D eigenvalue weighted by molar-refractivity contribution is -0.127. The molecule has 6 nitrogen and oxygen atoms in total. The van der Waals surface area contributed by atoms with Crippen LogP contribution in [-0.4, -0.2) is 36.3 Å². The number of benzene rings is 2. The fraction of sp³-hybridized carbons (Fsp3) is 0.292. The molecule has 1 aliphatic heterocycles. The highest BCUT2D eigenvalue weighted by molar-refractivity contribution is 5.97. The summed E-state index contributed by atoms with van der Waals surface area (Å²) in [4.78, 5) is 27.9. The van der Waals surface area contributed by atoms with Gasteiger partial charge >= 0.3 is 0 Å². The highest BCUT2D eigenvalue weighted by Gasteiger charge is 2.19. The largest absolute Gasteiger partial charge is 0.351 e. The summed E-state index contributed by atoms with van der Waals surface area (Å²) in [7, 11) is 0. The minimum absolute atomic E-state index is 0.0482. The molecule has 0 unspecified atom stereocenters. The van der Waals surface area contributed by atoms with Crippen LogP contribution in [0.25, 0.3) is 0 Å². The molecule has 0 aromatic heterocycles. The molecular weight excluding hydrogens is 376 g/mol. The molecule has 2 amide bonds. The van der Waals surface area contributed by atoms with Crippen LogP contribution >= 0.6 is 0 Å². The van der Waals surface area contributed by atoms with E-state index in [1.165, 1.54) is 0 Å². The Kier molecular flexibility index (Phi) is 7.62. The molecule has 2 aromatic carbocycles. The van der Waals surface area contributed by atoms with E-state index < -0.39 is 5.91 Å². The van der Waals surface area contributed by atoms with Crippen molar-refractivity contribution in [2.45, 2.75) is 25.8 Å². The van der Waals surface area contributed by atoms with E-state index in [-0.39, 0.29) is 11.5 Å². The molecule has 0 atom stereocenters. The van der Waals surface area contributed by atoms with Gasteiger partial charge in [-0.05, 0) is 30.5 Å². The predicted octanol–water partition coefficient (Wildman–Crippen LogP) is 3.23. The molecule has 0 spiro atoms. The van der Waals surface area contributed by atoms with Crippen molar-refractivity contribution in [3.05, 3.63) is 78.0 Å². The first-order chi connectivity index (χ1) is 14.7. The summed E-state index contributed by atoms with van der Waals surface area (Å²) in [5.41, 5.74) is 2.02. The summed E-state index contributed by atoms with van der Waals surface area (Å²) in [6.07, 6.45) is 3.79. The number of amides is 2. The van der Waals surface area contributed by atoms with E-state index >= 15 is 0 Å². The third-order valence-corrected chi connectivity index (χ3v) is 5.00. The molecule has 2 aromatic rings. The third kappa shape index (κ3) is 5.95. The average Bonchev–Trinajstić information content (AvgIpc) is 3.20. The van der Waals surface area contributed by atoms with Crippen molar-refractivity contribution < 1.29 is 9.59 Å². The molecule has 30 heavy (non-hydrogen) atoms. The van der Waals surface area contributed by atoms with E-state index in [0.717, 1.165) is 24.2 Å². The highest BCUT2D eigenvalue weighted by Crippen LogP contribution is 2.18. The Bertz CT molecular complexity index is 919. The molecule has 6 heteroatoms. The van der Waals surface area contributed by atoms with Gasteiger partial charge < -0.3 is 15.1 Å². The maximum Gasteiger partial charge on any atom is 0.263 e. The Labute approximate surface area is 177 Å². The van der Waals surface area contributed by atoms with Crippen molar-refractivity contribution in [2.24, 2.45) is 0 Å². The fourth-order valence-electron chi connectivity index (χ4n) is 3.41. The Morgan fingerprint density at radius 1 is 1.13 bits per heavy atom. The quantitative estimate of drug-likeness (QED) is 0.397. The number of anilines is 1. The van der Waals surface area contributed by atoms with Crippen LogP contribution in [0.4, 0.5) is 5.69 Å². The zero-order valence-electron chi connectivity index (χ0n) is 17.0. The van der Waals surface area contributed by atoms with Crippen molar-refractivity contribution in [3.8, 4) is 6.07 Å². The van der Waals surface area contributed by atoms with Crippen molar-refractivity contribution in [3.63, 3.8) is 0 Å². The SMILES string of the molecule is N#C/C(=C/N(Cc1ccccc1)c1ccccc1)C(=O)NCCCN1CCCC1=O. The summed E-state index contributed by atoms with van der Waals surface area (Å²) < 4.78 is 0. The van der Waals surface area contributed by atoms with Crippen LogP contribution in [0.15, 0.2) is 72.4 Å². The lowest BCUT2D eigenvalue weighted by Crippen LogP contribution is -2.31. The lowest BCUT2D eigenvalue weighted by Gasteiger charge is -2.21. The van der Waals surface area contributed by atoms with E-state index in [9.17, 15) is 14.9 Å². The first-order valence-electron chi connectivity index (χ1n) is 10.2. The summed E-state index contributed by atoms with van der Waals surface area (Å²) in [5.74, 6) is -0.224.